The van der Waals surface area contributed by atoms with Gasteiger partial charge in [0.15, 0.2) is 11.8 Å². The van der Waals surface area contributed by atoms with Crippen LogP contribution in [0.3, 0.4) is 0 Å². The molecule has 0 bridgehead atoms. The quantitative estimate of drug-likeness (QED) is 0.320. The molecular weight excluding hydrogens is 483 g/mol. The van der Waals surface area contributed by atoms with Crippen LogP contribution in [0.2, 0.25) is 0 Å². The average molecular weight is 514 g/mol. The molecule has 0 amide bonds. The Morgan fingerprint density at radius 1 is 1.31 bits per heavy atom. The van der Waals surface area contributed by atoms with E-state index >= 15 is 0 Å². The lowest BCUT2D eigenvalue weighted by Gasteiger charge is -2.16. The van der Waals surface area contributed by atoms with Gasteiger partial charge in [-0.05, 0) is 32.8 Å². The Balaban J connectivity index is 0.00000300. The van der Waals surface area contributed by atoms with E-state index in [-0.39, 0.29) is 30.1 Å². The van der Waals surface area contributed by atoms with Gasteiger partial charge < -0.3 is 24.7 Å². The van der Waals surface area contributed by atoms with Gasteiger partial charge in [0.1, 0.15) is 11.6 Å². The molecule has 29 heavy (non-hydrogen) atoms. The van der Waals surface area contributed by atoms with Crippen molar-refractivity contribution in [2.45, 2.75) is 45.9 Å². The van der Waals surface area contributed by atoms with E-state index in [0.29, 0.717) is 19.7 Å². The molecule has 1 aromatic carbocycles. The number of aromatic nitrogens is 3. The van der Waals surface area contributed by atoms with Crippen LogP contribution in [0.4, 0.5) is 0 Å². The highest BCUT2D eigenvalue weighted by Gasteiger charge is 2.16. The molecule has 0 spiro atoms. The van der Waals surface area contributed by atoms with Crippen molar-refractivity contribution in [3.63, 3.8) is 0 Å². The highest BCUT2D eigenvalue weighted by molar-refractivity contribution is 14.0. The van der Waals surface area contributed by atoms with Crippen molar-refractivity contribution in [1.82, 2.24) is 25.4 Å². The molecule has 0 radical (unpaired) electrons. The topological polar surface area (TPSA) is 85.6 Å². The number of rotatable bonds is 8. The van der Waals surface area contributed by atoms with Gasteiger partial charge in [0.05, 0.1) is 25.8 Å². The summed E-state index contributed by atoms with van der Waals surface area (Å²) < 4.78 is 13.4. The first-order valence-corrected chi connectivity index (χ1v) is 9.86. The van der Waals surface area contributed by atoms with E-state index in [1.54, 1.807) is 0 Å². The van der Waals surface area contributed by atoms with Crippen LogP contribution in [-0.4, -0.2) is 46.6 Å². The van der Waals surface area contributed by atoms with Crippen molar-refractivity contribution in [2.24, 2.45) is 12.0 Å². The summed E-state index contributed by atoms with van der Waals surface area (Å²) in [7, 11) is 1.96. The van der Waals surface area contributed by atoms with Gasteiger partial charge in [0.25, 0.3) is 0 Å². The summed E-state index contributed by atoms with van der Waals surface area (Å²) in [6.45, 7) is 7.19. The van der Waals surface area contributed by atoms with Crippen LogP contribution in [0.1, 0.15) is 37.0 Å². The monoisotopic (exact) mass is 514 g/mol. The molecule has 0 saturated carbocycles. The first-order valence-electron chi connectivity index (χ1n) is 9.86. The van der Waals surface area contributed by atoms with E-state index in [4.69, 9.17) is 14.5 Å². The number of aryl methyl sites for hydroxylation is 1. The summed E-state index contributed by atoms with van der Waals surface area (Å²) >= 11 is 0. The molecule has 1 unspecified atom stereocenters. The van der Waals surface area contributed by atoms with Crippen molar-refractivity contribution >= 4 is 29.9 Å². The van der Waals surface area contributed by atoms with Gasteiger partial charge in [0.2, 0.25) is 0 Å². The third-order valence-corrected chi connectivity index (χ3v) is 4.80. The van der Waals surface area contributed by atoms with Gasteiger partial charge in [0, 0.05) is 25.8 Å². The van der Waals surface area contributed by atoms with Crippen LogP contribution in [0, 0.1) is 6.92 Å². The lowest BCUT2D eigenvalue weighted by molar-refractivity contribution is 0.113. The summed E-state index contributed by atoms with van der Waals surface area (Å²) in [4.78, 5) is 4.75. The molecule has 1 aliphatic heterocycles. The Kier molecular flexibility index (Phi) is 9.65. The molecule has 1 atom stereocenters. The van der Waals surface area contributed by atoms with E-state index in [9.17, 15) is 0 Å². The van der Waals surface area contributed by atoms with Crippen LogP contribution in [0.25, 0.3) is 0 Å². The van der Waals surface area contributed by atoms with Gasteiger partial charge in [-0.1, -0.05) is 18.2 Å². The zero-order valence-electron chi connectivity index (χ0n) is 17.4. The van der Waals surface area contributed by atoms with Crippen molar-refractivity contribution < 1.29 is 9.47 Å². The van der Waals surface area contributed by atoms with E-state index in [1.165, 1.54) is 0 Å². The molecule has 160 valence electrons. The van der Waals surface area contributed by atoms with Gasteiger partial charge in [-0.15, -0.1) is 34.2 Å². The maximum atomic E-state index is 5.71. The molecule has 1 saturated heterocycles. The Hall–Kier alpha value is -1.88. The number of nitrogens with zero attached hydrogens (tertiary/aromatic N) is 4. The van der Waals surface area contributed by atoms with Gasteiger partial charge in [-0.2, -0.15) is 0 Å². The summed E-state index contributed by atoms with van der Waals surface area (Å²) in [5.41, 5.74) is 1.05. The van der Waals surface area contributed by atoms with Gasteiger partial charge in [-0.25, -0.2) is 4.99 Å². The Bertz CT molecular complexity index is 789. The first kappa shape index (κ1) is 23.4. The normalized spacial score (nSPS) is 16.4. The highest BCUT2D eigenvalue weighted by Crippen LogP contribution is 2.18. The maximum absolute atomic E-state index is 5.71. The molecule has 2 aromatic rings. The molecule has 2 N–H and O–H groups in total. The molecule has 8 nitrogen and oxygen atoms in total. The largest absolute Gasteiger partial charge is 0.494 e. The second-order valence-corrected chi connectivity index (χ2v) is 6.80. The fourth-order valence-corrected chi connectivity index (χ4v) is 3.05. The Morgan fingerprint density at radius 3 is 2.83 bits per heavy atom. The number of hydrogen-bond donors (Lipinski definition) is 2. The fraction of sp³-hybridized carbons (Fsp3) is 0.550. The fourth-order valence-electron chi connectivity index (χ4n) is 3.05. The SMILES string of the molecule is CCOc1ccccc1CN=C(NCc1nnc(C)n1C)NCC1CCCO1.I. The number of para-hydroxylation sites is 1. The Labute approximate surface area is 189 Å². The van der Waals surface area contributed by atoms with Crippen LogP contribution < -0.4 is 15.4 Å². The molecule has 0 aliphatic carbocycles. The standard InChI is InChI=1S/C20H30N6O2.HI/c1-4-27-18-10-6-5-8-16(18)12-21-20(22-13-17-9-7-11-28-17)23-14-19-25-24-15(2)26(19)3;/h5-6,8,10,17H,4,7,9,11-14H2,1-3H3,(H2,21,22,23);1H. The lowest BCUT2D eigenvalue weighted by atomic mass is 10.2. The minimum Gasteiger partial charge on any atom is -0.494 e. The van der Waals surface area contributed by atoms with E-state index in [1.807, 2.05) is 49.7 Å². The summed E-state index contributed by atoms with van der Waals surface area (Å²) in [5.74, 6) is 3.34. The molecular formula is C20H31IN6O2. The Morgan fingerprint density at radius 2 is 2.14 bits per heavy atom. The zero-order valence-corrected chi connectivity index (χ0v) is 19.7. The molecule has 2 heterocycles. The number of halogens is 1. The predicted molar refractivity (Wildman–Crippen MR) is 124 cm³/mol. The number of aliphatic imine (C=N–C) groups is 1. The van der Waals surface area contributed by atoms with E-state index < -0.39 is 0 Å². The minimum atomic E-state index is 0. The molecule has 3 rings (SSSR count). The highest BCUT2D eigenvalue weighted by atomic mass is 127. The number of guanidine groups is 1. The van der Waals surface area contributed by atoms with Crippen molar-refractivity contribution in [2.75, 3.05) is 19.8 Å². The summed E-state index contributed by atoms with van der Waals surface area (Å²) in [6.07, 6.45) is 2.43. The molecule has 1 fully saturated rings. The third-order valence-electron chi connectivity index (χ3n) is 4.80. The van der Waals surface area contributed by atoms with E-state index in [0.717, 1.165) is 54.9 Å². The lowest BCUT2D eigenvalue weighted by Crippen LogP contribution is -2.41. The number of hydrogen-bond acceptors (Lipinski definition) is 5. The number of nitrogens with one attached hydrogen (secondary N) is 2. The summed E-state index contributed by atoms with van der Waals surface area (Å²) in [6, 6.07) is 7.99. The van der Waals surface area contributed by atoms with Crippen molar-refractivity contribution in [3.05, 3.63) is 41.5 Å². The van der Waals surface area contributed by atoms with Crippen LogP contribution in [0.15, 0.2) is 29.3 Å². The van der Waals surface area contributed by atoms with Gasteiger partial charge in [-0.3, -0.25) is 0 Å². The van der Waals surface area contributed by atoms with Crippen LogP contribution in [0.5, 0.6) is 5.75 Å². The minimum absolute atomic E-state index is 0. The van der Waals surface area contributed by atoms with E-state index in [2.05, 4.69) is 20.8 Å². The number of ether oxygens (including phenoxy) is 2. The molecule has 9 heteroatoms. The zero-order chi connectivity index (χ0) is 19.8. The predicted octanol–water partition coefficient (Wildman–Crippen LogP) is 2.55. The van der Waals surface area contributed by atoms with Crippen LogP contribution >= 0.6 is 24.0 Å². The first-order chi connectivity index (χ1) is 13.7. The second kappa shape index (κ2) is 12.0. The second-order valence-electron chi connectivity index (χ2n) is 6.80. The maximum Gasteiger partial charge on any atom is 0.192 e. The summed E-state index contributed by atoms with van der Waals surface area (Å²) in [5, 5.41) is 15.1. The molecule has 1 aliphatic rings. The number of benzene rings is 1. The smallest absolute Gasteiger partial charge is 0.192 e. The molecule has 1 aromatic heterocycles. The van der Waals surface area contributed by atoms with Crippen molar-refractivity contribution in [3.8, 4) is 5.75 Å². The van der Waals surface area contributed by atoms with Crippen molar-refractivity contribution in [1.29, 1.82) is 0 Å². The van der Waals surface area contributed by atoms with Gasteiger partial charge >= 0.3 is 0 Å². The average Bonchev–Trinajstić information content (AvgIpc) is 3.33. The third kappa shape index (κ3) is 6.84. The van der Waals surface area contributed by atoms with Crippen LogP contribution in [-0.2, 0) is 24.9 Å².